The summed E-state index contributed by atoms with van der Waals surface area (Å²) < 4.78 is 23.7. The third-order valence-electron chi connectivity index (χ3n) is 3.05. The quantitative estimate of drug-likeness (QED) is 0.799. The number of hydrogen-bond donors (Lipinski definition) is 1. The molecule has 0 bridgehead atoms. The van der Waals surface area contributed by atoms with Crippen LogP contribution in [0.15, 0.2) is 47.0 Å². The largest absolute Gasteiger partial charge is 0.491 e. The molecule has 0 aliphatic carbocycles. The van der Waals surface area contributed by atoms with Crippen molar-refractivity contribution in [2.75, 3.05) is 6.61 Å². The number of hydrogen-bond acceptors (Lipinski definition) is 4. The fourth-order valence-electron chi connectivity index (χ4n) is 2.05. The van der Waals surface area contributed by atoms with Crippen molar-refractivity contribution in [1.29, 1.82) is 0 Å². The Bertz CT molecular complexity index is 750. The van der Waals surface area contributed by atoms with Crippen molar-refractivity contribution >= 4 is 11.0 Å². The van der Waals surface area contributed by atoms with Crippen molar-refractivity contribution in [3.63, 3.8) is 0 Å². The fourth-order valence-corrected chi connectivity index (χ4v) is 2.05. The van der Waals surface area contributed by atoms with Gasteiger partial charge in [-0.05, 0) is 43.3 Å². The van der Waals surface area contributed by atoms with Crippen LogP contribution in [-0.2, 0) is 0 Å². The molecule has 3 aromatic rings. The second-order valence-corrected chi connectivity index (χ2v) is 4.86. The number of aliphatic hydroxyl groups excluding tert-OH is 1. The standard InChI is InChI=1S/C16H14FNO3/c1-10(19)9-20-13-5-2-11(3-6-13)16-14-7-4-12(17)8-15(14)21-18-16/h2-8,10,19H,9H2,1H3. The topological polar surface area (TPSA) is 55.5 Å². The third-order valence-corrected chi connectivity index (χ3v) is 3.05. The Morgan fingerprint density at radius 1 is 1.24 bits per heavy atom. The van der Waals surface area contributed by atoms with Gasteiger partial charge in [-0.2, -0.15) is 0 Å². The van der Waals surface area contributed by atoms with Gasteiger partial charge in [-0.3, -0.25) is 0 Å². The lowest BCUT2D eigenvalue weighted by Gasteiger charge is -2.08. The minimum absolute atomic E-state index is 0.242. The lowest BCUT2D eigenvalue weighted by molar-refractivity contribution is 0.123. The zero-order valence-corrected chi connectivity index (χ0v) is 11.4. The summed E-state index contributed by atoms with van der Waals surface area (Å²) in [4.78, 5) is 0. The Kier molecular flexibility index (Phi) is 3.58. The summed E-state index contributed by atoms with van der Waals surface area (Å²) in [5.41, 5.74) is 1.93. The zero-order chi connectivity index (χ0) is 14.8. The van der Waals surface area contributed by atoms with Crippen LogP contribution in [0.4, 0.5) is 4.39 Å². The average Bonchev–Trinajstić information content (AvgIpc) is 2.88. The van der Waals surface area contributed by atoms with E-state index in [0.717, 1.165) is 10.9 Å². The van der Waals surface area contributed by atoms with Gasteiger partial charge in [0, 0.05) is 17.0 Å². The molecule has 108 valence electrons. The van der Waals surface area contributed by atoms with Gasteiger partial charge in [-0.25, -0.2) is 4.39 Å². The zero-order valence-electron chi connectivity index (χ0n) is 11.4. The Labute approximate surface area is 120 Å². The molecule has 0 aliphatic rings. The van der Waals surface area contributed by atoms with Crippen LogP contribution >= 0.6 is 0 Å². The van der Waals surface area contributed by atoms with Crippen LogP contribution in [0.1, 0.15) is 6.92 Å². The van der Waals surface area contributed by atoms with Gasteiger partial charge in [0.15, 0.2) is 5.58 Å². The van der Waals surface area contributed by atoms with E-state index >= 15 is 0 Å². The van der Waals surface area contributed by atoms with E-state index in [-0.39, 0.29) is 12.4 Å². The van der Waals surface area contributed by atoms with Gasteiger partial charge in [0.2, 0.25) is 0 Å². The molecule has 1 atom stereocenters. The van der Waals surface area contributed by atoms with Crippen LogP contribution in [0.2, 0.25) is 0 Å². The Balaban J connectivity index is 1.88. The summed E-state index contributed by atoms with van der Waals surface area (Å²) in [7, 11) is 0. The molecular formula is C16H14FNO3. The molecule has 0 fully saturated rings. The highest BCUT2D eigenvalue weighted by Gasteiger charge is 2.11. The highest BCUT2D eigenvalue weighted by Crippen LogP contribution is 2.29. The molecule has 0 saturated heterocycles. The molecule has 0 saturated carbocycles. The molecule has 0 spiro atoms. The monoisotopic (exact) mass is 287 g/mol. The molecule has 4 nitrogen and oxygen atoms in total. The maximum absolute atomic E-state index is 13.1. The van der Waals surface area contributed by atoms with E-state index in [4.69, 9.17) is 9.26 Å². The van der Waals surface area contributed by atoms with Gasteiger partial charge in [0.25, 0.3) is 0 Å². The number of fused-ring (bicyclic) bond motifs is 1. The van der Waals surface area contributed by atoms with Gasteiger partial charge in [0.05, 0.1) is 6.10 Å². The second-order valence-electron chi connectivity index (χ2n) is 4.86. The molecule has 1 heterocycles. The van der Waals surface area contributed by atoms with Crippen LogP contribution in [0.25, 0.3) is 22.2 Å². The summed E-state index contributed by atoms with van der Waals surface area (Å²) in [5.74, 6) is 0.311. The van der Waals surface area contributed by atoms with Crippen LogP contribution in [-0.4, -0.2) is 23.0 Å². The minimum Gasteiger partial charge on any atom is -0.491 e. The van der Waals surface area contributed by atoms with E-state index in [1.54, 1.807) is 25.1 Å². The maximum Gasteiger partial charge on any atom is 0.170 e. The first-order valence-electron chi connectivity index (χ1n) is 6.60. The van der Waals surface area contributed by atoms with Crippen molar-refractivity contribution in [1.82, 2.24) is 5.16 Å². The van der Waals surface area contributed by atoms with Crippen LogP contribution in [0.5, 0.6) is 5.75 Å². The van der Waals surface area contributed by atoms with Crippen molar-refractivity contribution in [2.45, 2.75) is 13.0 Å². The Hall–Kier alpha value is -2.40. The summed E-state index contributed by atoms with van der Waals surface area (Å²) in [6.45, 7) is 1.90. The van der Waals surface area contributed by atoms with Gasteiger partial charge in [-0.15, -0.1) is 0 Å². The summed E-state index contributed by atoms with van der Waals surface area (Å²) in [6.07, 6.45) is -0.515. The lowest BCUT2D eigenvalue weighted by Crippen LogP contribution is -2.12. The van der Waals surface area contributed by atoms with E-state index in [0.29, 0.717) is 17.0 Å². The molecule has 2 aromatic carbocycles. The SMILES string of the molecule is CC(O)COc1ccc(-c2noc3cc(F)ccc23)cc1. The van der Waals surface area contributed by atoms with Gasteiger partial charge < -0.3 is 14.4 Å². The normalized spacial score (nSPS) is 12.5. The molecule has 1 unspecified atom stereocenters. The van der Waals surface area contributed by atoms with Crippen molar-refractivity contribution < 1.29 is 18.8 Å². The summed E-state index contributed by atoms with van der Waals surface area (Å²) >= 11 is 0. The summed E-state index contributed by atoms with van der Waals surface area (Å²) in [6, 6.07) is 11.6. The first-order valence-corrected chi connectivity index (χ1v) is 6.60. The highest BCUT2D eigenvalue weighted by molar-refractivity contribution is 5.91. The second kappa shape index (κ2) is 5.54. The van der Waals surface area contributed by atoms with Crippen molar-refractivity contribution in [2.24, 2.45) is 0 Å². The lowest BCUT2D eigenvalue weighted by atomic mass is 10.1. The molecular weight excluding hydrogens is 273 g/mol. The van der Waals surface area contributed by atoms with E-state index in [2.05, 4.69) is 5.16 Å². The van der Waals surface area contributed by atoms with Gasteiger partial charge >= 0.3 is 0 Å². The van der Waals surface area contributed by atoms with Gasteiger partial charge in [-0.1, -0.05) is 5.16 Å². The number of aromatic nitrogens is 1. The number of benzene rings is 2. The molecule has 0 amide bonds. The number of aliphatic hydroxyl groups is 1. The smallest absolute Gasteiger partial charge is 0.170 e. The average molecular weight is 287 g/mol. The van der Waals surface area contributed by atoms with Crippen LogP contribution in [0, 0.1) is 5.82 Å². The molecule has 5 heteroatoms. The first-order chi connectivity index (χ1) is 10.1. The van der Waals surface area contributed by atoms with Crippen LogP contribution < -0.4 is 4.74 Å². The van der Waals surface area contributed by atoms with E-state index in [9.17, 15) is 9.50 Å². The fraction of sp³-hybridized carbons (Fsp3) is 0.188. The number of rotatable bonds is 4. The molecule has 0 radical (unpaired) electrons. The predicted molar refractivity (Wildman–Crippen MR) is 76.6 cm³/mol. The first kappa shape index (κ1) is 13.6. The maximum atomic E-state index is 13.1. The van der Waals surface area contributed by atoms with E-state index < -0.39 is 6.10 Å². The number of halogens is 1. The van der Waals surface area contributed by atoms with E-state index in [1.165, 1.54) is 12.1 Å². The third kappa shape index (κ3) is 2.87. The highest BCUT2D eigenvalue weighted by atomic mass is 19.1. The Morgan fingerprint density at radius 2 is 2.00 bits per heavy atom. The number of ether oxygens (including phenoxy) is 1. The minimum atomic E-state index is -0.515. The molecule has 1 N–H and O–H groups in total. The Morgan fingerprint density at radius 3 is 2.71 bits per heavy atom. The van der Waals surface area contributed by atoms with Crippen molar-refractivity contribution in [3.8, 4) is 17.0 Å². The predicted octanol–water partition coefficient (Wildman–Crippen LogP) is 3.39. The number of nitrogens with zero attached hydrogens (tertiary/aromatic N) is 1. The molecule has 3 rings (SSSR count). The van der Waals surface area contributed by atoms with Crippen molar-refractivity contribution in [3.05, 3.63) is 48.3 Å². The summed E-state index contributed by atoms with van der Waals surface area (Å²) in [5, 5.41) is 13.9. The van der Waals surface area contributed by atoms with Crippen LogP contribution in [0.3, 0.4) is 0 Å². The molecule has 0 aliphatic heterocycles. The van der Waals surface area contributed by atoms with E-state index in [1.807, 2.05) is 12.1 Å². The molecule has 21 heavy (non-hydrogen) atoms. The molecule has 1 aromatic heterocycles. The van der Waals surface area contributed by atoms with Gasteiger partial charge in [0.1, 0.15) is 23.9 Å².